The van der Waals surface area contributed by atoms with E-state index >= 15 is 0 Å². The third-order valence-electron chi connectivity index (χ3n) is 4.49. The zero-order valence-corrected chi connectivity index (χ0v) is 15.9. The molecule has 1 unspecified atom stereocenters. The van der Waals surface area contributed by atoms with Gasteiger partial charge in [-0.25, -0.2) is 4.39 Å². The summed E-state index contributed by atoms with van der Waals surface area (Å²) in [6, 6.07) is 6.78. The number of anilines is 1. The van der Waals surface area contributed by atoms with Gasteiger partial charge < -0.3 is 15.3 Å². The SMILES string of the molecule is Cc1cc(NC2CCCN(C(=O)C(C)C)C2)c2cc(F)ccc2n1.O=CO. The van der Waals surface area contributed by atoms with Crippen LogP contribution in [0.25, 0.3) is 10.9 Å². The fourth-order valence-corrected chi connectivity index (χ4v) is 3.33. The molecule has 1 atom stereocenters. The number of likely N-dealkylation sites (tertiary alicyclic amines) is 1. The number of hydrogen-bond donors (Lipinski definition) is 2. The minimum atomic E-state index is -0.267. The number of aromatic nitrogens is 1. The molecule has 1 fully saturated rings. The summed E-state index contributed by atoms with van der Waals surface area (Å²) in [5.74, 6) is -0.0541. The van der Waals surface area contributed by atoms with Gasteiger partial charge in [0.25, 0.3) is 6.47 Å². The average molecular weight is 375 g/mol. The maximum absolute atomic E-state index is 13.6. The topological polar surface area (TPSA) is 82.5 Å². The number of rotatable bonds is 3. The van der Waals surface area contributed by atoms with Crippen molar-refractivity contribution in [3.8, 4) is 0 Å². The van der Waals surface area contributed by atoms with E-state index in [1.165, 1.54) is 12.1 Å². The van der Waals surface area contributed by atoms with E-state index in [1.54, 1.807) is 6.07 Å². The van der Waals surface area contributed by atoms with E-state index in [9.17, 15) is 9.18 Å². The molecule has 1 aliphatic heterocycles. The molecular weight excluding hydrogens is 349 g/mol. The fraction of sp³-hybridized carbons (Fsp3) is 0.450. The molecule has 2 N–H and O–H groups in total. The van der Waals surface area contributed by atoms with Crippen LogP contribution in [0, 0.1) is 18.7 Å². The standard InChI is InChI=1S/C19H24FN3O.CH2O2/c1-12(2)19(24)23-8-4-5-15(11-23)22-18-9-13(3)21-17-7-6-14(20)10-16(17)18;2-1-3/h6-7,9-10,12,15H,4-5,8,11H2,1-3H3,(H,21,22);1H,(H,2,3). The minimum Gasteiger partial charge on any atom is -0.483 e. The number of benzene rings is 1. The molecule has 3 rings (SSSR count). The molecule has 1 amide bonds. The van der Waals surface area contributed by atoms with Crippen LogP contribution in [0.15, 0.2) is 24.3 Å². The molecule has 6 nitrogen and oxygen atoms in total. The summed E-state index contributed by atoms with van der Waals surface area (Å²) < 4.78 is 13.6. The summed E-state index contributed by atoms with van der Waals surface area (Å²) in [4.78, 5) is 27.0. The van der Waals surface area contributed by atoms with Gasteiger partial charge in [-0.05, 0) is 44.0 Å². The highest BCUT2D eigenvalue weighted by Crippen LogP contribution is 2.26. The number of fused-ring (bicyclic) bond motifs is 1. The molecular formula is C20H26FN3O3. The molecule has 27 heavy (non-hydrogen) atoms. The molecule has 1 aromatic heterocycles. The average Bonchev–Trinajstić information content (AvgIpc) is 2.62. The Morgan fingerprint density at radius 1 is 1.41 bits per heavy atom. The van der Waals surface area contributed by atoms with Gasteiger partial charge in [0.15, 0.2) is 0 Å². The molecule has 0 spiro atoms. The smallest absolute Gasteiger partial charge is 0.290 e. The number of carboxylic acid groups (broad SMARTS) is 1. The lowest BCUT2D eigenvalue weighted by molar-refractivity contribution is -0.135. The lowest BCUT2D eigenvalue weighted by Gasteiger charge is -2.35. The van der Waals surface area contributed by atoms with Crippen molar-refractivity contribution in [1.82, 2.24) is 9.88 Å². The summed E-state index contributed by atoms with van der Waals surface area (Å²) in [5.41, 5.74) is 2.56. The van der Waals surface area contributed by atoms with Crippen LogP contribution >= 0.6 is 0 Å². The van der Waals surface area contributed by atoms with Crippen molar-refractivity contribution < 1.29 is 19.1 Å². The Morgan fingerprint density at radius 3 is 2.78 bits per heavy atom. The van der Waals surface area contributed by atoms with Crippen LogP contribution in [0.4, 0.5) is 10.1 Å². The number of carbonyl (C=O) groups excluding carboxylic acids is 1. The lowest BCUT2D eigenvalue weighted by atomic mass is 10.0. The second kappa shape index (κ2) is 9.30. The summed E-state index contributed by atoms with van der Waals surface area (Å²) in [7, 11) is 0. The van der Waals surface area contributed by atoms with Crippen molar-refractivity contribution in [3.05, 3.63) is 35.8 Å². The Kier molecular flexibility index (Phi) is 7.10. The quantitative estimate of drug-likeness (QED) is 0.803. The van der Waals surface area contributed by atoms with Gasteiger partial charge in [0.1, 0.15) is 5.82 Å². The van der Waals surface area contributed by atoms with Gasteiger partial charge in [-0.15, -0.1) is 0 Å². The molecule has 2 aromatic rings. The predicted molar refractivity (Wildman–Crippen MR) is 103 cm³/mol. The highest BCUT2D eigenvalue weighted by atomic mass is 19.1. The number of carbonyl (C=O) groups is 2. The Labute approximate surface area is 158 Å². The van der Waals surface area contributed by atoms with Crippen LogP contribution in [0.1, 0.15) is 32.4 Å². The Bertz CT molecular complexity index is 810. The molecule has 1 saturated heterocycles. The van der Waals surface area contributed by atoms with Crippen LogP contribution in [0.5, 0.6) is 0 Å². The van der Waals surface area contributed by atoms with Gasteiger partial charge in [0, 0.05) is 41.8 Å². The van der Waals surface area contributed by atoms with E-state index in [0.29, 0.717) is 6.54 Å². The molecule has 0 bridgehead atoms. The molecule has 0 aliphatic carbocycles. The third kappa shape index (κ3) is 5.39. The van der Waals surface area contributed by atoms with E-state index in [0.717, 1.165) is 41.7 Å². The maximum atomic E-state index is 13.6. The van der Waals surface area contributed by atoms with Crippen molar-refractivity contribution in [2.75, 3.05) is 18.4 Å². The lowest BCUT2D eigenvalue weighted by Crippen LogP contribution is -2.46. The van der Waals surface area contributed by atoms with Crippen molar-refractivity contribution >= 4 is 29.0 Å². The highest BCUT2D eigenvalue weighted by Gasteiger charge is 2.25. The fourth-order valence-electron chi connectivity index (χ4n) is 3.33. The van der Waals surface area contributed by atoms with Crippen molar-refractivity contribution in [1.29, 1.82) is 0 Å². The van der Waals surface area contributed by atoms with Crippen molar-refractivity contribution in [3.63, 3.8) is 0 Å². The van der Waals surface area contributed by atoms with Crippen LogP contribution < -0.4 is 5.32 Å². The van der Waals surface area contributed by atoms with E-state index in [1.807, 2.05) is 31.7 Å². The Hall–Kier alpha value is -2.70. The van der Waals surface area contributed by atoms with Gasteiger partial charge >= 0.3 is 0 Å². The Balaban J connectivity index is 0.000000817. The number of piperidine rings is 1. The molecule has 1 aromatic carbocycles. The number of nitrogens with one attached hydrogen (secondary N) is 1. The normalized spacial score (nSPS) is 16.6. The first-order valence-electron chi connectivity index (χ1n) is 9.05. The predicted octanol–water partition coefficient (Wildman–Crippen LogP) is 3.44. The van der Waals surface area contributed by atoms with Crippen LogP contribution in [0.3, 0.4) is 0 Å². The van der Waals surface area contributed by atoms with Gasteiger partial charge in [0.05, 0.1) is 5.52 Å². The zero-order chi connectivity index (χ0) is 20.0. The number of halogens is 1. The summed E-state index contributed by atoms with van der Waals surface area (Å²) in [5, 5.41) is 11.2. The molecule has 2 heterocycles. The largest absolute Gasteiger partial charge is 0.483 e. The summed E-state index contributed by atoms with van der Waals surface area (Å²) in [6.45, 7) is 7.06. The van der Waals surface area contributed by atoms with Gasteiger partial charge in [0.2, 0.25) is 5.91 Å². The van der Waals surface area contributed by atoms with Crippen LogP contribution in [-0.4, -0.2) is 46.5 Å². The number of pyridine rings is 1. The molecule has 0 saturated carbocycles. The molecule has 0 radical (unpaired) electrons. The van der Waals surface area contributed by atoms with E-state index in [4.69, 9.17) is 9.90 Å². The zero-order valence-electron chi connectivity index (χ0n) is 15.9. The first-order chi connectivity index (χ1) is 12.8. The second-order valence-electron chi connectivity index (χ2n) is 7.00. The first-order valence-corrected chi connectivity index (χ1v) is 9.05. The van der Waals surface area contributed by atoms with E-state index in [-0.39, 0.29) is 30.2 Å². The van der Waals surface area contributed by atoms with E-state index in [2.05, 4.69) is 10.3 Å². The van der Waals surface area contributed by atoms with Crippen LogP contribution in [-0.2, 0) is 9.59 Å². The van der Waals surface area contributed by atoms with Gasteiger partial charge in [-0.1, -0.05) is 13.8 Å². The molecule has 146 valence electrons. The monoisotopic (exact) mass is 375 g/mol. The maximum Gasteiger partial charge on any atom is 0.290 e. The first kappa shape index (κ1) is 20.6. The Morgan fingerprint density at radius 2 is 2.11 bits per heavy atom. The highest BCUT2D eigenvalue weighted by molar-refractivity contribution is 5.91. The second-order valence-corrected chi connectivity index (χ2v) is 7.00. The summed E-state index contributed by atoms with van der Waals surface area (Å²) >= 11 is 0. The third-order valence-corrected chi connectivity index (χ3v) is 4.49. The summed E-state index contributed by atoms with van der Waals surface area (Å²) in [6.07, 6.45) is 1.98. The number of hydrogen-bond acceptors (Lipinski definition) is 4. The van der Waals surface area contributed by atoms with Crippen molar-refractivity contribution in [2.24, 2.45) is 5.92 Å². The van der Waals surface area contributed by atoms with E-state index < -0.39 is 0 Å². The number of aryl methyl sites for hydroxylation is 1. The number of nitrogens with zero attached hydrogens (tertiary/aromatic N) is 2. The van der Waals surface area contributed by atoms with Crippen LogP contribution in [0.2, 0.25) is 0 Å². The number of amides is 1. The van der Waals surface area contributed by atoms with Crippen molar-refractivity contribution in [2.45, 2.75) is 39.7 Å². The molecule has 1 aliphatic rings. The minimum absolute atomic E-state index is 0.0156. The van der Waals surface area contributed by atoms with Gasteiger partial charge in [-0.3, -0.25) is 14.6 Å². The molecule has 7 heteroatoms. The van der Waals surface area contributed by atoms with Gasteiger partial charge in [-0.2, -0.15) is 0 Å².